The Kier molecular flexibility index (Phi) is 5.45. The van der Waals surface area contributed by atoms with Crippen LogP contribution in [0.3, 0.4) is 0 Å². The summed E-state index contributed by atoms with van der Waals surface area (Å²) in [7, 11) is 0. The van der Waals surface area contributed by atoms with Crippen LogP contribution in [0.15, 0.2) is 12.1 Å². The lowest BCUT2D eigenvalue weighted by Gasteiger charge is -2.22. The third-order valence-electron chi connectivity index (χ3n) is 3.02. The zero-order valence-electron chi connectivity index (χ0n) is 11.0. The SMILES string of the molecule is O=C(NCCOC1CCNCC1)c1ccc([N+](=O)[O-])s1. The fourth-order valence-electron chi connectivity index (χ4n) is 1.99. The van der Waals surface area contributed by atoms with Crippen LogP contribution in [0.25, 0.3) is 0 Å². The van der Waals surface area contributed by atoms with Gasteiger partial charge < -0.3 is 15.4 Å². The van der Waals surface area contributed by atoms with Crippen molar-refractivity contribution in [3.8, 4) is 0 Å². The minimum absolute atomic E-state index is 0.0268. The van der Waals surface area contributed by atoms with Crippen LogP contribution < -0.4 is 10.6 Å². The monoisotopic (exact) mass is 299 g/mol. The van der Waals surface area contributed by atoms with Gasteiger partial charge in [0.15, 0.2) is 0 Å². The molecule has 0 unspecified atom stereocenters. The highest BCUT2D eigenvalue weighted by Crippen LogP contribution is 2.23. The minimum atomic E-state index is -0.498. The number of hydrogen-bond donors (Lipinski definition) is 2. The summed E-state index contributed by atoms with van der Waals surface area (Å²) < 4.78 is 5.65. The largest absolute Gasteiger partial charge is 0.376 e. The van der Waals surface area contributed by atoms with E-state index in [1.54, 1.807) is 0 Å². The molecule has 0 spiro atoms. The van der Waals surface area contributed by atoms with Crippen LogP contribution in [0.5, 0.6) is 0 Å². The van der Waals surface area contributed by atoms with Gasteiger partial charge in [0.2, 0.25) is 0 Å². The lowest BCUT2D eigenvalue weighted by Crippen LogP contribution is -2.34. The van der Waals surface area contributed by atoms with Gasteiger partial charge in [0.05, 0.1) is 22.5 Å². The number of nitrogens with zero attached hydrogens (tertiary/aromatic N) is 1. The van der Waals surface area contributed by atoms with Crippen LogP contribution in [0.4, 0.5) is 5.00 Å². The molecule has 0 aromatic carbocycles. The maximum Gasteiger partial charge on any atom is 0.324 e. The summed E-state index contributed by atoms with van der Waals surface area (Å²) >= 11 is 0.875. The molecule has 1 fully saturated rings. The van der Waals surface area contributed by atoms with Crippen molar-refractivity contribution in [2.45, 2.75) is 18.9 Å². The van der Waals surface area contributed by atoms with Crippen molar-refractivity contribution in [3.05, 3.63) is 27.1 Å². The molecule has 0 saturated carbocycles. The molecule has 0 aliphatic carbocycles. The van der Waals surface area contributed by atoms with Gasteiger partial charge in [-0.1, -0.05) is 11.3 Å². The molecule has 0 radical (unpaired) electrons. The molecule has 0 atom stereocenters. The summed E-state index contributed by atoms with van der Waals surface area (Å²) in [5.74, 6) is -0.294. The fourth-order valence-corrected chi connectivity index (χ4v) is 2.72. The molecule has 1 aliphatic rings. The summed E-state index contributed by atoms with van der Waals surface area (Å²) in [5.41, 5.74) is 0. The molecule has 1 aromatic heterocycles. The van der Waals surface area contributed by atoms with Gasteiger partial charge >= 0.3 is 5.00 Å². The van der Waals surface area contributed by atoms with Crippen LogP contribution in [0.2, 0.25) is 0 Å². The van der Waals surface area contributed by atoms with Gasteiger partial charge in [-0.3, -0.25) is 14.9 Å². The third kappa shape index (κ3) is 4.26. The maximum absolute atomic E-state index is 11.7. The number of carbonyl (C=O) groups excluding carboxylic acids is 1. The zero-order chi connectivity index (χ0) is 14.4. The molecule has 7 nitrogen and oxygen atoms in total. The number of hydrogen-bond acceptors (Lipinski definition) is 6. The van der Waals surface area contributed by atoms with Crippen LogP contribution >= 0.6 is 11.3 Å². The summed E-state index contributed by atoms with van der Waals surface area (Å²) in [4.78, 5) is 22.1. The lowest BCUT2D eigenvalue weighted by molar-refractivity contribution is -0.380. The predicted octanol–water partition coefficient (Wildman–Crippen LogP) is 1.15. The van der Waals surface area contributed by atoms with Crippen LogP contribution in [-0.2, 0) is 4.74 Å². The summed E-state index contributed by atoms with van der Waals surface area (Å²) in [6.07, 6.45) is 2.24. The second-order valence-corrected chi connectivity index (χ2v) is 5.53. The average molecular weight is 299 g/mol. The first-order valence-corrected chi connectivity index (χ1v) is 7.33. The number of ether oxygens (including phenoxy) is 1. The average Bonchev–Trinajstić information content (AvgIpc) is 2.94. The molecule has 1 aliphatic heterocycles. The van der Waals surface area contributed by atoms with E-state index in [2.05, 4.69) is 10.6 Å². The van der Waals surface area contributed by atoms with Crippen molar-refractivity contribution in [2.24, 2.45) is 0 Å². The van der Waals surface area contributed by atoms with Gasteiger partial charge in [0.25, 0.3) is 5.91 Å². The molecule has 2 N–H and O–H groups in total. The number of rotatable bonds is 6. The first-order valence-electron chi connectivity index (χ1n) is 6.51. The number of thiophene rings is 1. The Labute approximate surface area is 120 Å². The van der Waals surface area contributed by atoms with E-state index in [1.165, 1.54) is 12.1 Å². The second kappa shape index (κ2) is 7.32. The van der Waals surface area contributed by atoms with Crippen LogP contribution in [-0.4, -0.2) is 43.2 Å². The normalized spacial score (nSPS) is 16.0. The Morgan fingerprint density at radius 2 is 2.25 bits per heavy atom. The molecule has 1 aromatic rings. The number of piperidine rings is 1. The highest BCUT2D eigenvalue weighted by molar-refractivity contribution is 7.17. The van der Waals surface area contributed by atoms with Gasteiger partial charge in [0.1, 0.15) is 0 Å². The van der Waals surface area contributed by atoms with Crippen molar-refractivity contribution in [2.75, 3.05) is 26.2 Å². The second-order valence-electron chi connectivity index (χ2n) is 4.47. The molecule has 2 heterocycles. The topological polar surface area (TPSA) is 93.5 Å². The van der Waals surface area contributed by atoms with Crippen molar-refractivity contribution < 1.29 is 14.5 Å². The van der Waals surface area contributed by atoms with Crippen molar-refractivity contribution in [1.82, 2.24) is 10.6 Å². The summed E-state index contributed by atoms with van der Waals surface area (Å²) in [6.45, 7) is 2.81. The highest BCUT2D eigenvalue weighted by atomic mass is 32.1. The molecular formula is C12H17N3O4S. The standard InChI is InChI=1S/C12H17N3O4S/c16-12(10-1-2-11(20-10)15(17)18)14-7-8-19-9-3-5-13-6-4-9/h1-2,9,13H,3-8H2,(H,14,16). The molecular weight excluding hydrogens is 282 g/mol. The molecule has 0 bridgehead atoms. The maximum atomic E-state index is 11.7. The van der Waals surface area contributed by atoms with Gasteiger partial charge in [-0.2, -0.15) is 0 Å². The van der Waals surface area contributed by atoms with Crippen LogP contribution in [0, 0.1) is 10.1 Å². The van der Waals surface area contributed by atoms with Gasteiger partial charge in [-0.05, 0) is 32.0 Å². The van der Waals surface area contributed by atoms with E-state index in [0.29, 0.717) is 18.0 Å². The van der Waals surface area contributed by atoms with Gasteiger partial charge in [-0.15, -0.1) is 0 Å². The summed E-state index contributed by atoms with van der Waals surface area (Å²) in [5, 5.41) is 16.5. The Hall–Kier alpha value is -1.51. The fraction of sp³-hybridized carbons (Fsp3) is 0.583. The zero-order valence-corrected chi connectivity index (χ0v) is 11.8. The highest BCUT2D eigenvalue weighted by Gasteiger charge is 2.15. The Balaban J connectivity index is 1.67. The van der Waals surface area contributed by atoms with Gasteiger partial charge in [-0.25, -0.2) is 0 Å². The molecule has 8 heteroatoms. The van der Waals surface area contributed by atoms with Gasteiger partial charge in [0, 0.05) is 12.6 Å². The Morgan fingerprint density at radius 3 is 2.90 bits per heavy atom. The number of amides is 1. The lowest BCUT2D eigenvalue weighted by atomic mass is 10.1. The Bertz CT molecular complexity index is 471. The van der Waals surface area contributed by atoms with Crippen molar-refractivity contribution in [3.63, 3.8) is 0 Å². The third-order valence-corrected chi connectivity index (χ3v) is 4.06. The van der Waals surface area contributed by atoms with E-state index in [0.717, 1.165) is 37.3 Å². The number of nitrogens with one attached hydrogen (secondary N) is 2. The van der Waals surface area contributed by atoms with E-state index in [4.69, 9.17) is 4.74 Å². The number of carbonyl (C=O) groups is 1. The predicted molar refractivity (Wildman–Crippen MR) is 75.2 cm³/mol. The van der Waals surface area contributed by atoms with E-state index in [9.17, 15) is 14.9 Å². The molecule has 20 heavy (non-hydrogen) atoms. The Morgan fingerprint density at radius 1 is 1.50 bits per heavy atom. The minimum Gasteiger partial charge on any atom is -0.376 e. The smallest absolute Gasteiger partial charge is 0.324 e. The molecule has 1 amide bonds. The quantitative estimate of drug-likeness (QED) is 0.467. The first-order chi connectivity index (χ1) is 9.66. The van der Waals surface area contributed by atoms with Crippen molar-refractivity contribution >= 4 is 22.2 Å². The molecule has 2 rings (SSSR count). The molecule has 1 saturated heterocycles. The van der Waals surface area contributed by atoms with E-state index in [-0.39, 0.29) is 17.0 Å². The van der Waals surface area contributed by atoms with E-state index < -0.39 is 4.92 Å². The van der Waals surface area contributed by atoms with E-state index in [1.807, 2.05) is 0 Å². The number of nitro groups is 1. The van der Waals surface area contributed by atoms with E-state index >= 15 is 0 Å². The molecule has 110 valence electrons. The first kappa shape index (κ1) is 14.9. The van der Waals surface area contributed by atoms with Crippen LogP contribution in [0.1, 0.15) is 22.5 Å². The summed E-state index contributed by atoms with van der Waals surface area (Å²) in [6, 6.07) is 2.80. The van der Waals surface area contributed by atoms with Crippen molar-refractivity contribution in [1.29, 1.82) is 0 Å².